The number of unbranched alkanes of at least 4 members (excludes halogenated alkanes) is 11. The molecule has 4 heteroatoms. The second kappa shape index (κ2) is 21.4. The molecular formula is C36H56O4. The molecule has 2 rings (SSSR count). The zero-order chi connectivity index (χ0) is 28.8. The molecule has 0 aliphatic rings. The summed E-state index contributed by atoms with van der Waals surface area (Å²) in [5.41, 5.74) is 1.59. The summed E-state index contributed by atoms with van der Waals surface area (Å²) in [6, 6.07) is 15.1. The fraction of sp³-hybridized carbons (Fsp3) is 0.639. The summed E-state index contributed by atoms with van der Waals surface area (Å²) >= 11 is 0. The monoisotopic (exact) mass is 552 g/mol. The van der Waals surface area contributed by atoms with Crippen molar-refractivity contribution in [1.82, 2.24) is 0 Å². The van der Waals surface area contributed by atoms with Gasteiger partial charge in [0, 0.05) is 6.61 Å². The summed E-state index contributed by atoms with van der Waals surface area (Å²) in [6.45, 7) is 9.53. The van der Waals surface area contributed by atoms with Gasteiger partial charge in [0.25, 0.3) is 0 Å². The average molecular weight is 553 g/mol. The zero-order valence-corrected chi connectivity index (χ0v) is 25.9. The average Bonchev–Trinajstić information content (AvgIpc) is 2.97. The van der Waals surface area contributed by atoms with E-state index in [1.807, 2.05) is 48.5 Å². The number of para-hydroxylation sites is 2. The van der Waals surface area contributed by atoms with E-state index in [1.165, 1.54) is 77.0 Å². The lowest BCUT2D eigenvalue weighted by molar-refractivity contribution is 0.0625. The fourth-order valence-corrected chi connectivity index (χ4v) is 5.01. The number of rotatable bonds is 23. The first-order valence-corrected chi connectivity index (χ1v) is 16.3. The molecule has 0 amide bonds. The Kier molecular flexibility index (Phi) is 18.1. The summed E-state index contributed by atoms with van der Waals surface area (Å²) in [5.74, 6) is 0.749. The first-order valence-electron chi connectivity index (χ1n) is 16.3. The molecule has 0 spiro atoms. The van der Waals surface area contributed by atoms with Gasteiger partial charge in [-0.15, -0.1) is 0 Å². The van der Waals surface area contributed by atoms with Gasteiger partial charge in [0.2, 0.25) is 0 Å². The number of esters is 1. The van der Waals surface area contributed by atoms with Gasteiger partial charge in [-0.3, -0.25) is 0 Å². The second-order valence-corrected chi connectivity index (χ2v) is 11.2. The minimum atomic E-state index is -0.373. The Morgan fingerprint density at radius 2 is 1.23 bits per heavy atom. The van der Waals surface area contributed by atoms with Crippen LogP contribution >= 0.6 is 0 Å². The number of hydrogen-bond donors (Lipinski definition) is 0. The molecule has 0 aliphatic heterocycles. The molecule has 2 aromatic carbocycles. The molecule has 0 saturated heterocycles. The van der Waals surface area contributed by atoms with Crippen LogP contribution in [0.5, 0.6) is 11.5 Å². The topological polar surface area (TPSA) is 44.8 Å². The number of carbonyl (C=O) groups is 1. The van der Waals surface area contributed by atoms with E-state index in [-0.39, 0.29) is 18.2 Å². The van der Waals surface area contributed by atoms with Crippen LogP contribution in [0.4, 0.5) is 0 Å². The van der Waals surface area contributed by atoms with Crippen molar-refractivity contribution in [2.45, 2.75) is 143 Å². The van der Waals surface area contributed by atoms with Gasteiger partial charge in [0.1, 0.15) is 0 Å². The van der Waals surface area contributed by atoms with Gasteiger partial charge in [0.15, 0.2) is 11.5 Å². The van der Waals surface area contributed by atoms with Crippen molar-refractivity contribution in [3.8, 4) is 11.5 Å². The highest BCUT2D eigenvalue weighted by atomic mass is 16.6. The molecule has 0 fully saturated rings. The quantitative estimate of drug-likeness (QED) is 0.0781. The smallest absolute Gasteiger partial charge is 0.343 e. The molecule has 2 aromatic rings. The van der Waals surface area contributed by atoms with Crippen molar-refractivity contribution in [3.05, 3.63) is 59.7 Å². The summed E-state index contributed by atoms with van der Waals surface area (Å²) in [7, 11) is 0. The van der Waals surface area contributed by atoms with Gasteiger partial charge in [-0.05, 0) is 62.4 Å². The molecule has 0 aromatic heterocycles. The first-order chi connectivity index (χ1) is 19.6. The van der Waals surface area contributed by atoms with Crippen LogP contribution < -0.4 is 9.47 Å². The van der Waals surface area contributed by atoms with Crippen molar-refractivity contribution in [2.75, 3.05) is 6.61 Å². The third-order valence-electron chi connectivity index (χ3n) is 7.57. The summed E-state index contributed by atoms with van der Waals surface area (Å²) in [6.07, 6.45) is 19.8. The molecule has 0 bridgehead atoms. The van der Waals surface area contributed by atoms with Crippen LogP contribution in [0.25, 0.3) is 0 Å². The molecule has 224 valence electrons. The molecule has 40 heavy (non-hydrogen) atoms. The summed E-state index contributed by atoms with van der Waals surface area (Å²) in [4.78, 5) is 13.0. The molecule has 0 N–H and O–H groups in total. The number of benzene rings is 2. The van der Waals surface area contributed by atoms with Crippen LogP contribution in [0.2, 0.25) is 0 Å². The molecule has 4 nitrogen and oxygen atoms in total. The van der Waals surface area contributed by atoms with E-state index in [9.17, 15) is 4.79 Å². The standard InChI is InChI=1S/C36H56O4/c1-5-8-10-12-14-16-20-29-38-30(4)31-25-27-32(28-26-31)36(37)40-35-24-19-18-23-34(35)39-33(21-7-3)22-17-15-13-11-9-6-2/h18-19,23-28,30,33H,5-17,20-22,29H2,1-4H3. The van der Waals surface area contributed by atoms with Crippen LogP contribution in [0.15, 0.2) is 48.5 Å². The number of hydrogen-bond acceptors (Lipinski definition) is 4. The third-order valence-corrected chi connectivity index (χ3v) is 7.57. The molecule has 0 aliphatic carbocycles. The first kappa shape index (κ1) is 33.9. The number of ether oxygens (including phenoxy) is 3. The third kappa shape index (κ3) is 13.8. The Morgan fingerprint density at radius 3 is 1.85 bits per heavy atom. The number of carbonyl (C=O) groups excluding carboxylic acids is 1. The van der Waals surface area contributed by atoms with Crippen LogP contribution in [0.3, 0.4) is 0 Å². The van der Waals surface area contributed by atoms with Gasteiger partial charge in [-0.2, -0.15) is 0 Å². The zero-order valence-electron chi connectivity index (χ0n) is 25.9. The predicted octanol–water partition coefficient (Wildman–Crippen LogP) is 11.0. The molecule has 2 atom stereocenters. The normalized spacial score (nSPS) is 12.7. The molecule has 0 heterocycles. The molecule has 0 radical (unpaired) electrons. The van der Waals surface area contributed by atoms with Crippen molar-refractivity contribution >= 4 is 5.97 Å². The van der Waals surface area contributed by atoms with Crippen molar-refractivity contribution < 1.29 is 19.0 Å². The largest absolute Gasteiger partial charge is 0.487 e. The molecular weight excluding hydrogens is 496 g/mol. The van der Waals surface area contributed by atoms with Gasteiger partial charge in [-0.1, -0.05) is 122 Å². The van der Waals surface area contributed by atoms with Crippen LogP contribution in [-0.2, 0) is 4.74 Å². The van der Waals surface area contributed by atoms with Crippen molar-refractivity contribution in [2.24, 2.45) is 0 Å². The van der Waals surface area contributed by atoms with E-state index in [0.29, 0.717) is 17.1 Å². The van der Waals surface area contributed by atoms with E-state index < -0.39 is 0 Å². The molecule has 0 saturated carbocycles. The van der Waals surface area contributed by atoms with E-state index >= 15 is 0 Å². The summed E-state index contributed by atoms with van der Waals surface area (Å²) < 4.78 is 18.2. The maximum atomic E-state index is 13.0. The van der Waals surface area contributed by atoms with E-state index in [0.717, 1.165) is 37.9 Å². The molecule has 2 unspecified atom stereocenters. The van der Waals surface area contributed by atoms with Crippen molar-refractivity contribution in [1.29, 1.82) is 0 Å². The van der Waals surface area contributed by atoms with Crippen LogP contribution in [0, 0.1) is 0 Å². The highest BCUT2D eigenvalue weighted by Crippen LogP contribution is 2.30. The van der Waals surface area contributed by atoms with E-state index in [4.69, 9.17) is 14.2 Å². The SMILES string of the molecule is CCCCCCCCCOC(C)c1ccc(C(=O)Oc2ccccc2OC(CCC)CCCCCCCC)cc1. The maximum absolute atomic E-state index is 13.0. The van der Waals surface area contributed by atoms with E-state index in [1.54, 1.807) is 0 Å². The van der Waals surface area contributed by atoms with Gasteiger partial charge >= 0.3 is 5.97 Å². The fourth-order valence-electron chi connectivity index (χ4n) is 5.01. The lowest BCUT2D eigenvalue weighted by Gasteiger charge is -2.20. The minimum absolute atomic E-state index is 0.00133. The highest BCUT2D eigenvalue weighted by Gasteiger charge is 2.17. The lowest BCUT2D eigenvalue weighted by atomic mass is 10.0. The Bertz CT molecular complexity index is 907. The van der Waals surface area contributed by atoms with E-state index in [2.05, 4.69) is 27.7 Å². The predicted molar refractivity (Wildman–Crippen MR) is 168 cm³/mol. The Labute approximate surface area is 245 Å². The van der Waals surface area contributed by atoms with Crippen molar-refractivity contribution in [3.63, 3.8) is 0 Å². The Balaban J connectivity index is 1.84. The van der Waals surface area contributed by atoms with Gasteiger partial charge in [0.05, 0.1) is 17.8 Å². The van der Waals surface area contributed by atoms with Crippen LogP contribution in [0.1, 0.15) is 152 Å². The highest BCUT2D eigenvalue weighted by molar-refractivity contribution is 5.91. The van der Waals surface area contributed by atoms with Gasteiger partial charge < -0.3 is 14.2 Å². The van der Waals surface area contributed by atoms with Crippen LogP contribution in [-0.4, -0.2) is 18.7 Å². The minimum Gasteiger partial charge on any atom is -0.487 e. The Morgan fingerprint density at radius 1 is 0.650 bits per heavy atom. The Hall–Kier alpha value is -2.33. The van der Waals surface area contributed by atoms with Gasteiger partial charge in [-0.25, -0.2) is 4.79 Å². The maximum Gasteiger partial charge on any atom is 0.343 e. The second-order valence-electron chi connectivity index (χ2n) is 11.2. The lowest BCUT2D eigenvalue weighted by Crippen LogP contribution is -2.17. The summed E-state index contributed by atoms with van der Waals surface area (Å²) in [5, 5.41) is 0.